The van der Waals surface area contributed by atoms with E-state index >= 15 is 0 Å². The van der Waals surface area contributed by atoms with Crippen molar-refractivity contribution in [3.63, 3.8) is 0 Å². The highest BCUT2D eigenvalue weighted by atomic mass is 32.2. The number of aromatic amines is 1. The number of nitrogens with one attached hydrogen (secondary N) is 2. The van der Waals surface area contributed by atoms with Crippen LogP contribution in [0.1, 0.15) is 37.9 Å². The summed E-state index contributed by atoms with van der Waals surface area (Å²) in [5.74, 6) is 2.11. The van der Waals surface area contributed by atoms with Gasteiger partial charge in [-0.05, 0) is 19.8 Å². The van der Waals surface area contributed by atoms with Crippen molar-refractivity contribution in [2.45, 2.75) is 44.2 Å². The van der Waals surface area contributed by atoms with Crippen LogP contribution < -0.4 is 5.32 Å². The molecule has 0 bridgehead atoms. The molecule has 1 heterocycles. The number of hydrogen-bond acceptors (Lipinski definition) is 4. The highest BCUT2D eigenvalue weighted by Crippen LogP contribution is 2.23. The average molecular weight is 268 g/mol. The van der Waals surface area contributed by atoms with Gasteiger partial charge in [0.15, 0.2) is 0 Å². The van der Waals surface area contributed by atoms with Crippen molar-refractivity contribution in [2.75, 3.05) is 12.3 Å². The number of aryl methyl sites for hydroxylation is 1. The Morgan fingerprint density at radius 3 is 2.89 bits per heavy atom. The van der Waals surface area contributed by atoms with E-state index in [1.54, 1.807) is 11.8 Å². The summed E-state index contributed by atoms with van der Waals surface area (Å²) in [5.41, 5.74) is 0. The van der Waals surface area contributed by atoms with E-state index in [0.717, 1.165) is 29.6 Å². The Kier molecular flexibility index (Phi) is 5.04. The molecule has 18 heavy (non-hydrogen) atoms. The molecule has 1 saturated carbocycles. The van der Waals surface area contributed by atoms with Crippen molar-refractivity contribution in [1.29, 1.82) is 0 Å². The Labute approximate surface area is 112 Å². The van der Waals surface area contributed by atoms with Crippen LogP contribution in [0, 0.1) is 12.8 Å². The minimum absolute atomic E-state index is 0.224. The van der Waals surface area contributed by atoms with Crippen LogP contribution in [0.15, 0.2) is 5.16 Å². The summed E-state index contributed by atoms with van der Waals surface area (Å²) in [4.78, 5) is 16.1. The number of rotatable bonds is 5. The number of amides is 1. The Balaban J connectivity index is 1.61. The molecule has 0 atom stereocenters. The van der Waals surface area contributed by atoms with Crippen LogP contribution in [-0.4, -0.2) is 33.4 Å². The highest BCUT2D eigenvalue weighted by molar-refractivity contribution is 7.99. The summed E-state index contributed by atoms with van der Waals surface area (Å²) in [7, 11) is 0. The van der Waals surface area contributed by atoms with Crippen LogP contribution in [0.2, 0.25) is 0 Å². The number of hydrogen-bond donors (Lipinski definition) is 2. The third-order valence-electron chi connectivity index (χ3n) is 3.19. The second kappa shape index (κ2) is 6.78. The summed E-state index contributed by atoms with van der Waals surface area (Å²) in [5, 5.41) is 10.6. The maximum atomic E-state index is 11.9. The van der Waals surface area contributed by atoms with Gasteiger partial charge in [0.25, 0.3) is 0 Å². The SMILES string of the molecule is Cc1nc(SCCNC(=O)C2CCCCC2)n[nH]1. The van der Waals surface area contributed by atoms with Crippen molar-refractivity contribution >= 4 is 17.7 Å². The number of thioether (sulfide) groups is 1. The summed E-state index contributed by atoms with van der Waals surface area (Å²) in [6.07, 6.45) is 5.79. The van der Waals surface area contributed by atoms with Crippen molar-refractivity contribution < 1.29 is 4.79 Å². The van der Waals surface area contributed by atoms with E-state index in [2.05, 4.69) is 20.5 Å². The Bertz CT molecular complexity index is 387. The minimum atomic E-state index is 0.224. The van der Waals surface area contributed by atoms with Gasteiger partial charge in [-0.25, -0.2) is 4.98 Å². The molecule has 0 aromatic carbocycles. The van der Waals surface area contributed by atoms with Gasteiger partial charge in [-0.3, -0.25) is 9.89 Å². The van der Waals surface area contributed by atoms with Gasteiger partial charge in [-0.15, -0.1) is 5.10 Å². The smallest absolute Gasteiger partial charge is 0.223 e. The minimum Gasteiger partial charge on any atom is -0.355 e. The predicted molar refractivity (Wildman–Crippen MR) is 71.4 cm³/mol. The highest BCUT2D eigenvalue weighted by Gasteiger charge is 2.20. The first-order chi connectivity index (χ1) is 8.75. The monoisotopic (exact) mass is 268 g/mol. The van der Waals surface area contributed by atoms with Gasteiger partial charge in [0, 0.05) is 18.2 Å². The van der Waals surface area contributed by atoms with Crippen LogP contribution in [-0.2, 0) is 4.79 Å². The van der Waals surface area contributed by atoms with E-state index in [4.69, 9.17) is 0 Å². The van der Waals surface area contributed by atoms with E-state index < -0.39 is 0 Å². The summed E-state index contributed by atoms with van der Waals surface area (Å²) < 4.78 is 0. The molecule has 1 aliphatic rings. The van der Waals surface area contributed by atoms with Gasteiger partial charge in [0.2, 0.25) is 11.1 Å². The lowest BCUT2D eigenvalue weighted by molar-refractivity contribution is -0.125. The molecule has 1 aromatic rings. The average Bonchev–Trinajstić information content (AvgIpc) is 2.81. The van der Waals surface area contributed by atoms with E-state index in [0.29, 0.717) is 6.54 Å². The van der Waals surface area contributed by atoms with Crippen LogP contribution in [0.3, 0.4) is 0 Å². The zero-order valence-corrected chi connectivity index (χ0v) is 11.6. The Morgan fingerprint density at radius 2 is 2.22 bits per heavy atom. The molecule has 0 radical (unpaired) electrons. The summed E-state index contributed by atoms with van der Waals surface area (Å²) in [6.45, 7) is 2.56. The van der Waals surface area contributed by atoms with Crippen molar-refractivity contribution in [1.82, 2.24) is 20.5 Å². The molecule has 100 valence electrons. The van der Waals surface area contributed by atoms with Gasteiger partial charge in [0.1, 0.15) is 5.82 Å². The molecule has 5 nitrogen and oxygen atoms in total. The van der Waals surface area contributed by atoms with Gasteiger partial charge < -0.3 is 5.32 Å². The fraction of sp³-hybridized carbons (Fsp3) is 0.750. The van der Waals surface area contributed by atoms with Crippen LogP contribution in [0.4, 0.5) is 0 Å². The maximum absolute atomic E-state index is 11.9. The first-order valence-electron chi connectivity index (χ1n) is 6.55. The first kappa shape index (κ1) is 13.4. The van der Waals surface area contributed by atoms with Crippen LogP contribution in [0.5, 0.6) is 0 Å². The molecule has 6 heteroatoms. The number of aromatic nitrogens is 3. The Hall–Kier alpha value is -1.04. The van der Waals surface area contributed by atoms with E-state index in [9.17, 15) is 4.79 Å². The summed E-state index contributed by atoms with van der Waals surface area (Å²) in [6, 6.07) is 0. The third kappa shape index (κ3) is 4.01. The molecule has 2 rings (SSSR count). The predicted octanol–water partition coefficient (Wildman–Crippen LogP) is 1.90. The zero-order valence-electron chi connectivity index (χ0n) is 10.7. The third-order valence-corrected chi connectivity index (χ3v) is 4.03. The lowest BCUT2D eigenvalue weighted by Crippen LogP contribution is -2.33. The molecule has 1 amide bonds. The molecule has 0 unspecified atom stereocenters. The van der Waals surface area contributed by atoms with Crippen molar-refractivity contribution in [2.24, 2.45) is 5.92 Å². The molecule has 1 fully saturated rings. The van der Waals surface area contributed by atoms with Gasteiger partial charge in [-0.2, -0.15) is 0 Å². The topological polar surface area (TPSA) is 70.7 Å². The molecule has 1 aliphatic carbocycles. The molecular weight excluding hydrogens is 248 g/mol. The number of H-pyrrole nitrogens is 1. The molecule has 0 saturated heterocycles. The molecule has 1 aromatic heterocycles. The van der Waals surface area contributed by atoms with Crippen LogP contribution >= 0.6 is 11.8 Å². The zero-order chi connectivity index (χ0) is 12.8. The molecular formula is C12H20N4OS. The number of nitrogens with zero attached hydrogens (tertiary/aromatic N) is 2. The van der Waals surface area contributed by atoms with E-state index in [1.165, 1.54) is 19.3 Å². The number of carbonyl (C=O) groups excluding carboxylic acids is 1. The van der Waals surface area contributed by atoms with Crippen molar-refractivity contribution in [3.05, 3.63) is 5.82 Å². The standard InChI is InChI=1S/C12H20N4OS/c1-9-14-12(16-15-9)18-8-7-13-11(17)10-5-3-2-4-6-10/h10H,2-8H2,1H3,(H,13,17)(H,14,15,16). The largest absolute Gasteiger partial charge is 0.355 e. The number of carbonyl (C=O) groups is 1. The first-order valence-corrected chi connectivity index (χ1v) is 7.54. The lowest BCUT2D eigenvalue weighted by atomic mass is 9.89. The second-order valence-corrected chi connectivity index (χ2v) is 5.74. The second-order valence-electron chi connectivity index (χ2n) is 4.68. The fourth-order valence-corrected chi connectivity index (χ4v) is 2.91. The summed E-state index contributed by atoms with van der Waals surface area (Å²) >= 11 is 1.56. The van der Waals surface area contributed by atoms with Gasteiger partial charge >= 0.3 is 0 Å². The van der Waals surface area contributed by atoms with Gasteiger partial charge in [0.05, 0.1) is 0 Å². The molecule has 0 spiro atoms. The molecule has 2 N–H and O–H groups in total. The maximum Gasteiger partial charge on any atom is 0.223 e. The Morgan fingerprint density at radius 1 is 1.44 bits per heavy atom. The normalized spacial score (nSPS) is 16.7. The fourth-order valence-electron chi connectivity index (χ4n) is 2.21. The molecule has 0 aliphatic heterocycles. The lowest BCUT2D eigenvalue weighted by Gasteiger charge is -2.20. The van der Waals surface area contributed by atoms with E-state index in [-0.39, 0.29) is 11.8 Å². The quantitative estimate of drug-likeness (QED) is 0.632. The van der Waals surface area contributed by atoms with Crippen LogP contribution in [0.25, 0.3) is 0 Å². The van der Waals surface area contributed by atoms with E-state index in [1.807, 2.05) is 6.92 Å². The van der Waals surface area contributed by atoms with Crippen molar-refractivity contribution in [3.8, 4) is 0 Å². The van der Waals surface area contributed by atoms with Gasteiger partial charge in [-0.1, -0.05) is 31.0 Å².